The van der Waals surface area contributed by atoms with E-state index in [1.54, 1.807) is 0 Å². The number of benzene rings is 1. The van der Waals surface area contributed by atoms with Gasteiger partial charge in [-0.1, -0.05) is 30.3 Å². The molecule has 3 N–H and O–H groups in total. The Bertz CT molecular complexity index is 648. The van der Waals surface area contributed by atoms with Crippen LogP contribution in [0.25, 0.3) is 11.4 Å². The van der Waals surface area contributed by atoms with E-state index in [2.05, 4.69) is 15.3 Å². The minimum atomic E-state index is -0.139. The van der Waals surface area contributed by atoms with Crippen LogP contribution in [0.3, 0.4) is 0 Å². The molecule has 6 heteroatoms. The van der Waals surface area contributed by atoms with Crippen molar-refractivity contribution in [3.63, 3.8) is 0 Å². The van der Waals surface area contributed by atoms with Crippen molar-refractivity contribution in [2.45, 2.75) is 25.3 Å². The summed E-state index contributed by atoms with van der Waals surface area (Å²) < 4.78 is 0. The lowest BCUT2D eigenvalue weighted by atomic mass is 9.92. The molecule has 0 bridgehead atoms. The van der Waals surface area contributed by atoms with Gasteiger partial charge in [-0.25, -0.2) is 9.97 Å². The molecular weight excluding hydrogens is 300 g/mol. The molecule has 1 amide bonds. The first-order chi connectivity index (χ1) is 10.3. The molecule has 1 aromatic heterocycles. The van der Waals surface area contributed by atoms with Gasteiger partial charge >= 0.3 is 0 Å². The van der Waals surface area contributed by atoms with Crippen LogP contribution in [0.15, 0.2) is 36.5 Å². The number of hydrogen-bond donors (Lipinski definition) is 2. The molecule has 1 unspecified atom stereocenters. The van der Waals surface area contributed by atoms with Crippen LogP contribution in [0.4, 0.5) is 0 Å². The Labute approximate surface area is 135 Å². The zero-order valence-corrected chi connectivity index (χ0v) is 13.0. The Balaban J connectivity index is 0.00000176. The van der Waals surface area contributed by atoms with Gasteiger partial charge in [-0.05, 0) is 19.3 Å². The second-order valence-electron chi connectivity index (χ2n) is 5.18. The number of aromatic nitrogens is 2. The number of rotatable bonds is 3. The molecule has 2 aromatic rings. The van der Waals surface area contributed by atoms with Crippen LogP contribution in [-0.2, 0) is 11.2 Å². The maximum Gasteiger partial charge on any atom is 0.234 e. The molecule has 0 saturated carbocycles. The molecular formula is C16H19ClN4O. The third-order valence-corrected chi connectivity index (χ3v) is 3.73. The Hall–Kier alpha value is -1.98. The number of nitrogens with one attached hydrogen (secondary N) is 1. The summed E-state index contributed by atoms with van der Waals surface area (Å²) in [6, 6.07) is 9.90. The molecule has 5 nitrogen and oxygen atoms in total. The van der Waals surface area contributed by atoms with Gasteiger partial charge in [-0.15, -0.1) is 12.4 Å². The summed E-state index contributed by atoms with van der Waals surface area (Å²) >= 11 is 0. The molecule has 1 aliphatic rings. The standard InChI is InChI=1S/C16H18N4O.ClH/c17-9-15(21)19-13-7-4-8-14-12(13)10-18-16(20-14)11-5-2-1-3-6-11;/h1-3,5-6,10,13H,4,7-9,17H2,(H,19,21);1H. The number of nitrogens with two attached hydrogens (primary N) is 1. The summed E-state index contributed by atoms with van der Waals surface area (Å²) in [6.45, 7) is 0.00872. The quantitative estimate of drug-likeness (QED) is 0.907. The number of aryl methyl sites for hydroxylation is 1. The van der Waals surface area contributed by atoms with E-state index >= 15 is 0 Å². The van der Waals surface area contributed by atoms with E-state index in [9.17, 15) is 4.79 Å². The third kappa shape index (κ3) is 3.43. The van der Waals surface area contributed by atoms with Crippen molar-refractivity contribution in [1.29, 1.82) is 0 Å². The molecule has 0 radical (unpaired) electrons. The van der Waals surface area contributed by atoms with Crippen molar-refractivity contribution >= 4 is 18.3 Å². The lowest BCUT2D eigenvalue weighted by Gasteiger charge is -2.25. The summed E-state index contributed by atoms with van der Waals surface area (Å²) in [4.78, 5) is 20.6. The van der Waals surface area contributed by atoms with Crippen LogP contribution in [-0.4, -0.2) is 22.4 Å². The summed E-state index contributed by atoms with van der Waals surface area (Å²) in [7, 11) is 0. The van der Waals surface area contributed by atoms with E-state index in [-0.39, 0.29) is 30.9 Å². The molecule has 1 atom stereocenters. The van der Waals surface area contributed by atoms with Crippen LogP contribution in [0, 0.1) is 0 Å². The predicted molar refractivity (Wildman–Crippen MR) is 87.6 cm³/mol. The van der Waals surface area contributed by atoms with Crippen molar-refractivity contribution in [3.05, 3.63) is 47.8 Å². The zero-order chi connectivity index (χ0) is 14.7. The number of amides is 1. The number of hydrogen-bond acceptors (Lipinski definition) is 4. The van der Waals surface area contributed by atoms with Gasteiger partial charge < -0.3 is 11.1 Å². The van der Waals surface area contributed by atoms with Crippen LogP contribution in [0.2, 0.25) is 0 Å². The number of carbonyl (C=O) groups is 1. The fraction of sp³-hybridized carbons (Fsp3) is 0.312. The van der Waals surface area contributed by atoms with Gasteiger partial charge in [0.2, 0.25) is 5.91 Å². The first kappa shape index (κ1) is 16.4. The highest BCUT2D eigenvalue weighted by Crippen LogP contribution is 2.29. The molecule has 0 spiro atoms. The highest BCUT2D eigenvalue weighted by Gasteiger charge is 2.23. The number of carbonyl (C=O) groups excluding carboxylic acids is 1. The van der Waals surface area contributed by atoms with Crippen molar-refractivity contribution in [1.82, 2.24) is 15.3 Å². The summed E-state index contributed by atoms with van der Waals surface area (Å²) in [6.07, 6.45) is 4.68. The molecule has 0 fully saturated rings. The van der Waals surface area contributed by atoms with E-state index in [1.165, 1.54) is 0 Å². The number of halogens is 1. The van der Waals surface area contributed by atoms with Gasteiger partial charge in [0.25, 0.3) is 0 Å². The van der Waals surface area contributed by atoms with Crippen LogP contribution >= 0.6 is 12.4 Å². The lowest BCUT2D eigenvalue weighted by Crippen LogP contribution is -2.35. The minimum absolute atomic E-state index is 0. The smallest absolute Gasteiger partial charge is 0.234 e. The van der Waals surface area contributed by atoms with Crippen LogP contribution < -0.4 is 11.1 Å². The minimum Gasteiger partial charge on any atom is -0.348 e. The first-order valence-electron chi connectivity index (χ1n) is 7.18. The van der Waals surface area contributed by atoms with E-state index in [4.69, 9.17) is 5.73 Å². The maximum atomic E-state index is 11.5. The Morgan fingerprint density at radius 3 is 2.82 bits per heavy atom. The second-order valence-corrected chi connectivity index (χ2v) is 5.18. The lowest BCUT2D eigenvalue weighted by molar-refractivity contribution is -0.120. The largest absolute Gasteiger partial charge is 0.348 e. The van der Waals surface area contributed by atoms with Gasteiger partial charge in [-0.3, -0.25) is 4.79 Å². The second kappa shape index (κ2) is 7.33. The zero-order valence-electron chi connectivity index (χ0n) is 12.2. The highest BCUT2D eigenvalue weighted by molar-refractivity contribution is 5.85. The maximum absolute atomic E-state index is 11.5. The Kier molecular flexibility index (Phi) is 5.46. The van der Waals surface area contributed by atoms with Gasteiger partial charge in [0, 0.05) is 23.0 Å². The molecule has 1 aliphatic carbocycles. The first-order valence-corrected chi connectivity index (χ1v) is 7.18. The fourth-order valence-corrected chi connectivity index (χ4v) is 2.68. The van der Waals surface area contributed by atoms with Gasteiger partial charge in [0.1, 0.15) is 0 Å². The fourth-order valence-electron chi connectivity index (χ4n) is 2.68. The predicted octanol–water partition coefficient (Wildman–Crippen LogP) is 2.02. The van der Waals surface area contributed by atoms with E-state index in [1.807, 2.05) is 36.5 Å². The van der Waals surface area contributed by atoms with Crippen molar-refractivity contribution < 1.29 is 4.79 Å². The van der Waals surface area contributed by atoms with Crippen molar-refractivity contribution in [3.8, 4) is 11.4 Å². The number of nitrogens with zero attached hydrogens (tertiary/aromatic N) is 2. The molecule has 116 valence electrons. The molecule has 3 rings (SSSR count). The van der Waals surface area contributed by atoms with Crippen molar-refractivity contribution in [2.24, 2.45) is 5.73 Å². The van der Waals surface area contributed by atoms with E-state index in [0.29, 0.717) is 0 Å². The Morgan fingerprint density at radius 2 is 2.09 bits per heavy atom. The molecule has 22 heavy (non-hydrogen) atoms. The summed E-state index contributed by atoms with van der Waals surface area (Å²) in [5.41, 5.74) is 8.42. The van der Waals surface area contributed by atoms with E-state index in [0.717, 1.165) is 41.9 Å². The summed E-state index contributed by atoms with van der Waals surface area (Å²) in [5, 5.41) is 2.94. The van der Waals surface area contributed by atoms with Crippen LogP contribution in [0.5, 0.6) is 0 Å². The SMILES string of the molecule is Cl.NCC(=O)NC1CCCc2nc(-c3ccccc3)ncc21. The normalized spacial score (nSPS) is 16.3. The monoisotopic (exact) mass is 318 g/mol. The Morgan fingerprint density at radius 1 is 1.32 bits per heavy atom. The van der Waals surface area contributed by atoms with E-state index < -0.39 is 0 Å². The average molecular weight is 319 g/mol. The van der Waals surface area contributed by atoms with Gasteiger partial charge in [0.15, 0.2) is 5.82 Å². The molecule has 1 heterocycles. The molecule has 1 aromatic carbocycles. The summed E-state index contributed by atoms with van der Waals surface area (Å²) in [5.74, 6) is 0.597. The average Bonchev–Trinajstić information content (AvgIpc) is 2.55. The van der Waals surface area contributed by atoms with Gasteiger partial charge in [-0.2, -0.15) is 0 Å². The number of fused-ring (bicyclic) bond motifs is 1. The van der Waals surface area contributed by atoms with Crippen molar-refractivity contribution in [2.75, 3.05) is 6.54 Å². The topological polar surface area (TPSA) is 80.9 Å². The van der Waals surface area contributed by atoms with Crippen LogP contribution in [0.1, 0.15) is 30.1 Å². The molecule has 0 aliphatic heterocycles. The highest BCUT2D eigenvalue weighted by atomic mass is 35.5. The molecule has 0 saturated heterocycles. The third-order valence-electron chi connectivity index (χ3n) is 3.73. The van der Waals surface area contributed by atoms with Gasteiger partial charge in [0.05, 0.1) is 12.6 Å².